The summed E-state index contributed by atoms with van der Waals surface area (Å²) in [6, 6.07) is 4.20. The first kappa shape index (κ1) is 14.3. The molecule has 1 aromatic carbocycles. The molecule has 0 radical (unpaired) electrons. The number of hydrogen-bond acceptors (Lipinski definition) is 5. The highest BCUT2D eigenvalue weighted by molar-refractivity contribution is 5.78. The van der Waals surface area contributed by atoms with Crippen LogP contribution in [0.15, 0.2) is 18.2 Å². The molecule has 1 fully saturated rings. The van der Waals surface area contributed by atoms with E-state index in [1.807, 2.05) is 0 Å². The molecule has 0 unspecified atom stereocenters. The monoisotopic (exact) mass is 279 g/mol. The van der Waals surface area contributed by atoms with Crippen LogP contribution >= 0.6 is 0 Å². The fourth-order valence-corrected chi connectivity index (χ4v) is 2.18. The lowest BCUT2D eigenvalue weighted by Gasteiger charge is -2.16. The number of amides is 1. The number of nitrogens with zero attached hydrogens (tertiary/aromatic N) is 2. The van der Waals surface area contributed by atoms with Crippen LogP contribution in [0, 0.1) is 10.1 Å². The molecule has 1 aliphatic heterocycles. The second-order valence-corrected chi connectivity index (χ2v) is 4.63. The van der Waals surface area contributed by atoms with Crippen molar-refractivity contribution in [1.82, 2.24) is 4.90 Å². The number of benzene rings is 1. The van der Waals surface area contributed by atoms with Gasteiger partial charge in [-0.15, -0.1) is 0 Å². The summed E-state index contributed by atoms with van der Waals surface area (Å²) in [5.41, 5.74) is 6.03. The molecule has 108 valence electrons. The van der Waals surface area contributed by atoms with Crippen molar-refractivity contribution in [2.45, 2.75) is 19.4 Å². The van der Waals surface area contributed by atoms with Gasteiger partial charge in [0.1, 0.15) is 5.75 Å². The van der Waals surface area contributed by atoms with E-state index in [-0.39, 0.29) is 24.7 Å². The van der Waals surface area contributed by atoms with Crippen molar-refractivity contribution in [3.63, 3.8) is 0 Å². The summed E-state index contributed by atoms with van der Waals surface area (Å²) < 4.78 is 5.44. The third-order valence-electron chi connectivity index (χ3n) is 3.28. The lowest BCUT2D eigenvalue weighted by atomic mass is 10.2. The second kappa shape index (κ2) is 6.33. The van der Waals surface area contributed by atoms with Crippen molar-refractivity contribution in [2.75, 3.05) is 19.7 Å². The lowest BCUT2D eigenvalue weighted by molar-refractivity contribution is -0.384. The maximum Gasteiger partial charge on any atom is 0.270 e. The molecular weight excluding hydrogens is 262 g/mol. The van der Waals surface area contributed by atoms with Gasteiger partial charge in [-0.05, 0) is 18.9 Å². The van der Waals surface area contributed by atoms with E-state index in [0.717, 1.165) is 25.9 Å². The number of carbonyl (C=O) groups is 1. The number of likely N-dealkylation sites (tertiary alicyclic amines) is 1. The van der Waals surface area contributed by atoms with Gasteiger partial charge in [0.2, 0.25) is 0 Å². The zero-order chi connectivity index (χ0) is 14.5. The Morgan fingerprint density at radius 3 is 2.70 bits per heavy atom. The zero-order valence-corrected chi connectivity index (χ0v) is 11.1. The summed E-state index contributed by atoms with van der Waals surface area (Å²) in [6.45, 7) is 1.60. The number of nitro groups is 1. The van der Waals surface area contributed by atoms with Crippen LogP contribution in [0.2, 0.25) is 0 Å². The maximum atomic E-state index is 11.9. The highest BCUT2D eigenvalue weighted by Gasteiger charge is 2.19. The highest BCUT2D eigenvalue weighted by atomic mass is 16.6. The van der Waals surface area contributed by atoms with Gasteiger partial charge >= 0.3 is 0 Å². The van der Waals surface area contributed by atoms with E-state index in [4.69, 9.17) is 10.5 Å². The van der Waals surface area contributed by atoms with E-state index in [2.05, 4.69) is 0 Å². The predicted molar refractivity (Wildman–Crippen MR) is 72.3 cm³/mol. The largest absolute Gasteiger partial charge is 0.483 e. The zero-order valence-electron chi connectivity index (χ0n) is 11.1. The van der Waals surface area contributed by atoms with E-state index in [9.17, 15) is 14.9 Å². The van der Waals surface area contributed by atoms with Gasteiger partial charge in [-0.2, -0.15) is 0 Å². The number of non-ortho nitro benzene ring substituents is 1. The van der Waals surface area contributed by atoms with Crippen LogP contribution < -0.4 is 10.5 Å². The summed E-state index contributed by atoms with van der Waals surface area (Å²) in [5.74, 6) is 0.356. The molecule has 1 saturated heterocycles. The van der Waals surface area contributed by atoms with Gasteiger partial charge in [0.05, 0.1) is 4.92 Å². The molecular formula is C13H17N3O4. The van der Waals surface area contributed by atoms with E-state index >= 15 is 0 Å². The molecule has 2 rings (SSSR count). The molecule has 0 aliphatic carbocycles. The molecule has 1 amide bonds. The Morgan fingerprint density at radius 2 is 2.10 bits per heavy atom. The van der Waals surface area contributed by atoms with Gasteiger partial charge < -0.3 is 15.4 Å². The Morgan fingerprint density at radius 1 is 1.40 bits per heavy atom. The van der Waals surface area contributed by atoms with Crippen LogP contribution in [0.1, 0.15) is 18.4 Å². The molecule has 0 saturated carbocycles. The number of carbonyl (C=O) groups excluding carboxylic acids is 1. The van der Waals surface area contributed by atoms with Crippen LogP contribution in [0.4, 0.5) is 5.69 Å². The summed E-state index contributed by atoms with van der Waals surface area (Å²) in [4.78, 5) is 23.8. The summed E-state index contributed by atoms with van der Waals surface area (Å²) >= 11 is 0. The average Bonchev–Trinajstić information content (AvgIpc) is 2.98. The van der Waals surface area contributed by atoms with Gasteiger partial charge in [-0.1, -0.05) is 0 Å². The second-order valence-electron chi connectivity index (χ2n) is 4.63. The number of hydrogen-bond donors (Lipinski definition) is 1. The lowest BCUT2D eigenvalue weighted by Crippen LogP contribution is -2.32. The number of nitrogens with two attached hydrogens (primary N) is 1. The summed E-state index contributed by atoms with van der Waals surface area (Å²) in [6.07, 6.45) is 2.05. The first-order chi connectivity index (χ1) is 9.61. The Bertz CT molecular complexity index is 512. The van der Waals surface area contributed by atoms with Crippen LogP contribution in [0.3, 0.4) is 0 Å². The minimum absolute atomic E-state index is 0.0383. The Balaban J connectivity index is 2.01. The van der Waals surface area contributed by atoms with Crippen LogP contribution in [-0.4, -0.2) is 35.4 Å². The fraction of sp³-hybridized carbons (Fsp3) is 0.462. The molecule has 20 heavy (non-hydrogen) atoms. The maximum absolute atomic E-state index is 11.9. The predicted octanol–water partition coefficient (Wildman–Crippen LogP) is 1.05. The van der Waals surface area contributed by atoms with E-state index in [1.54, 1.807) is 4.90 Å². The van der Waals surface area contributed by atoms with Crippen LogP contribution in [0.5, 0.6) is 5.75 Å². The smallest absolute Gasteiger partial charge is 0.270 e. The Kier molecular flexibility index (Phi) is 4.52. The molecule has 0 spiro atoms. The standard InChI is InChI=1S/C13H17N3O4/c14-8-10-7-11(16(18)19)3-4-12(10)20-9-13(17)15-5-1-2-6-15/h3-4,7H,1-2,5-6,8-9,14H2. The fourth-order valence-electron chi connectivity index (χ4n) is 2.18. The molecule has 1 aliphatic rings. The molecule has 2 N–H and O–H groups in total. The van der Waals surface area contributed by atoms with Gasteiger partial charge in [-0.25, -0.2) is 0 Å². The van der Waals surface area contributed by atoms with Gasteiger partial charge in [0.25, 0.3) is 11.6 Å². The molecule has 1 aromatic rings. The number of ether oxygens (including phenoxy) is 1. The van der Waals surface area contributed by atoms with Crippen molar-refractivity contribution in [2.24, 2.45) is 5.73 Å². The van der Waals surface area contributed by atoms with Crippen molar-refractivity contribution in [1.29, 1.82) is 0 Å². The molecule has 7 nitrogen and oxygen atoms in total. The number of rotatable bonds is 5. The normalized spacial score (nSPS) is 14.3. The third-order valence-corrected chi connectivity index (χ3v) is 3.28. The van der Waals surface area contributed by atoms with E-state index in [0.29, 0.717) is 11.3 Å². The quantitative estimate of drug-likeness (QED) is 0.641. The van der Waals surface area contributed by atoms with E-state index in [1.165, 1.54) is 18.2 Å². The number of nitro benzene ring substituents is 1. The molecule has 7 heteroatoms. The van der Waals surface area contributed by atoms with Crippen LogP contribution in [0.25, 0.3) is 0 Å². The molecule has 1 heterocycles. The topological polar surface area (TPSA) is 98.7 Å². The van der Waals surface area contributed by atoms with Crippen molar-refractivity contribution >= 4 is 11.6 Å². The summed E-state index contributed by atoms with van der Waals surface area (Å²) in [7, 11) is 0. The minimum atomic E-state index is -0.488. The average molecular weight is 279 g/mol. The van der Waals surface area contributed by atoms with Crippen LogP contribution in [-0.2, 0) is 11.3 Å². The van der Waals surface area contributed by atoms with Crippen molar-refractivity contribution < 1.29 is 14.5 Å². The van der Waals surface area contributed by atoms with Gasteiger partial charge in [-0.3, -0.25) is 14.9 Å². The van der Waals surface area contributed by atoms with Crippen molar-refractivity contribution in [3.8, 4) is 5.75 Å². The molecule has 0 bridgehead atoms. The Labute approximate surface area is 116 Å². The first-order valence-electron chi connectivity index (χ1n) is 6.50. The first-order valence-corrected chi connectivity index (χ1v) is 6.50. The summed E-state index contributed by atoms with van der Waals surface area (Å²) in [5, 5.41) is 10.7. The molecule has 0 aromatic heterocycles. The third kappa shape index (κ3) is 3.24. The van der Waals surface area contributed by atoms with Crippen molar-refractivity contribution in [3.05, 3.63) is 33.9 Å². The van der Waals surface area contributed by atoms with Gasteiger partial charge in [0, 0.05) is 37.3 Å². The SMILES string of the molecule is NCc1cc([N+](=O)[O-])ccc1OCC(=O)N1CCCC1. The molecule has 0 atom stereocenters. The van der Waals surface area contributed by atoms with E-state index < -0.39 is 4.92 Å². The van der Waals surface area contributed by atoms with Gasteiger partial charge in [0.15, 0.2) is 6.61 Å². The highest BCUT2D eigenvalue weighted by Crippen LogP contribution is 2.24. The Hall–Kier alpha value is -2.15. The minimum Gasteiger partial charge on any atom is -0.483 e.